The Hall–Kier alpha value is -1.42. The summed E-state index contributed by atoms with van der Waals surface area (Å²) in [4.78, 5) is 0. The molecular weight excluding hydrogens is 324 g/mol. The van der Waals surface area contributed by atoms with Crippen molar-refractivity contribution in [2.45, 2.75) is 19.0 Å². The molecule has 0 spiro atoms. The number of nitrogens with one attached hydrogen (secondary N) is 1. The summed E-state index contributed by atoms with van der Waals surface area (Å²) >= 11 is 3.29. The third-order valence-electron chi connectivity index (χ3n) is 3.62. The first-order valence-corrected chi connectivity index (χ1v) is 7.38. The average Bonchev–Trinajstić information content (AvgIpc) is 2.91. The van der Waals surface area contributed by atoms with Crippen LogP contribution in [0.15, 0.2) is 40.9 Å². The van der Waals surface area contributed by atoms with Crippen LogP contribution in [0.4, 0.5) is 14.5 Å². The Kier molecular flexibility index (Phi) is 3.74. The summed E-state index contributed by atoms with van der Waals surface area (Å²) in [5, 5.41) is 3.22. The van der Waals surface area contributed by atoms with Crippen LogP contribution in [0.3, 0.4) is 0 Å². The fraction of sp³-hybridized carbons (Fsp3) is 0.250. The number of anilines is 1. The fourth-order valence-corrected chi connectivity index (χ4v) is 3.04. The summed E-state index contributed by atoms with van der Waals surface area (Å²) in [6, 6.07) is 10.3. The molecule has 2 aromatic carbocycles. The third kappa shape index (κ3) is 2.57. The SMILES string of the molecule is Fc1ccc(Br)cc1CC(F)c1cccc2c1NCC2. The summed E-state index contributed by atoms with van der Waals surface area (Å²) in [7, 11) is 0. The highest BCUT2D eigenvalue weighted by atomic mass is 79.9. The lowest BCUT2D eigenvalue weighted by molar-refractivity contribution is 0.339. The van der Waals surface area contributed by atoms with Crippen molar-refractivity contribution >= 4 is 21.6 Å². The van der Waals surface area contributed by atoms with Gasteiger partial charge in [-0.2, -0.15) is 0 Å². The third-order valence-corrected chi connectivity index (χ3v) is 4.12. The van der Waals surface area contributed by atoms with Crippen LogP contribution in [0.2, 0.25) is 0 Å². The van der Waals surface area contributed by atoms with E-state index in [-0.39, 0.29) is 12.2 Å². The number of alkyl halides is 1. The van der Waals surface area contributed by atoms with Crippen LogP contribution < -0.4 is 5.32 Å². The van der Waals surface area contributed by atoms with E-state index in [1.807, 2.05) is 12.1 Å². The molecule has 20 heavy (non-hydrogen) atoms. The second-order valence-corrected chi connectivity index (χ2v) is 5.88. The molecule has 1 atom stereocenters. The Morgan fingerprint density at radius 2 is 2.10 bits per heavy atom. The first-order chi connectivity index (χ1) is 9.65. The summed E-state index contributed by atoms with van der Waals surface area (Å²) in [5.41, 5.74) is 3.04. The molecule has 3 rings (SSSR count). The van der Waals surface area contributed by atoms with Crippen molar-refractivity contribution in [3.8, 4) is 0 Å². The molecule has 0 saturated heterocycles. The van der Waals surface area contributed by atoms with Crippen LogP contribution in [-0.2, 0) is 12.8 Å². The lowest BCUT2D eigenvalue weighted by Crippen LogP contribution is -2.03. The van der Waals surface area contributed by atoms with Crippen molar-refractivity contribution in [2.24, 2.45) is 0 Å². The number of hydrogen-bond acceptors (Lipinski definition) is 1. The van der Waals surface area contributed by atoms with Gasteiger partial charge in [0, 0.05) is 28.7 Å². The topological polar surface area (TPSA) is 12.0 Å². The standard InChI is InChI=1S/C16H14BrF2N/c17-12-4-5-14(18)11(8-12)9-15(19)13-3-1-2-10-6-7-20-16(10)13/h1-5,8,15,20H,6-7,9H2. The molecule has 0 bridgehead atoms. The number of rotatable bonds is 3. The minimum Gasteiger partial charge on any atom is -0.384 e. The maximum absolute atomic E-state index is 14.6. The smallest absolute Gasteiger partial charge is 0.131 e. The van der Waals surface area contributed by atoms with Gasteiger partial charge in [0.05, 0.1) is 0 Å². The molecule has 1 unspecified atom stereocenters. The molecule has 1 aliphatic heterocycles. The van der Waals surface area contributed by atoms with Crippen molar-refractivity contribution in [3.63, 3.8) is 0 Å². The highest BCUT2D eigenvalue weighted by Crippen LogP contribution is 2.34. The number of fused-ring (bicyclic) bond motifs is 1. The largest absolute Gasteiger partial charge is 0.384 e. The molecule has 0 radical (unpaired) electrons. The van der Waals surface area contributed by atoms with Crippen molar-refractivity contribution in [1.29, 1.82) is 0 Å². The average molecular weight is 338 g/mol. The summed E-state index contributed by atoms with van der Waals surface area (Å²) in [6.45, 7) is 0.838. The molecule has 104 valence electrons. The Balaban J connectivity index is 1.88. The second-order valence-electron chi connectivity index (χ2n) is 4.97. The molecule has 0 amide bonds. The fourth-order valence-electron chi connectivity index (χ4n) is 2.63. The minimum atomic E-state index is -1.21. The first-order valence-electron chi connectivity index (χ1n) is 6.59. The van der Waals surface area contributed by atoms with E-state index in [1.165, 1.54) is 6.07 Å². The molecule has 1 nitrogen and oxygen atoms in total. The summed E-state index contributed by atoms with van der Waals surface area (Å²) in [6.07, 6.45) is -0.246. The van der Waals surface area contributed by atoms with E-state index >= 15 is 0 Å². The van der Waals surface area contributed by atoms with E-state index in [9.17, 15) is 8.78 Å². The van der Waals surface area contributed by atoms with Gasteiger partial charge in [-0.15, -0.1) is 0 Å². The van der Waals surface area contributed by atoms with Crippen LogP contribution in [0, 0.1) is 5.82 Å². The van der Waals surface area contributed by atoms with E-state index in [0.29, 0.717) is 11.1 Å². The number of benzene rings is 2. The number of hydrogen-bond donors (Lipinski definition) is 1. The van der Waals surface area contributed by atoms with Gasteiger partial charge in [0.25, 0.3) is 0 Å². The van der Waals surface area contributed by atoms with Gasteiger partial charge in [0.1, 0.15) is 12.0 Å². The Labute approximate surface area is 125 Å². The first kappa shape index (κ1) is 13.6. The predicted octanol–water partition coefficient (Wildman–Crippen LogP) is 4.81. The lowest BCUT2D eigenvalue weighted by atomic mass is 9.98. The lowest BCUT2D eigenvalue weighted by Gasteiger charge is -2.14. The molecule has 0 aromatic heterocycles. The van der Waals surface area contributed by atoms with Crippen LogP contribution in [-0.4, -0.2) is 6.54 Å². The highest BCUT2D eigenvalue weighted by Gasteiger charge is 2.21. The zero-order valence-electron chi connectivity index (χ0n) is 10.8. The molecule has 0 saturated carbocycles. The van der Waals surface area contributed by atoms with E-state index < -0.39 is 6.17 Å². The maximum Gasteiger partial charge on any atom is 0.131 e. The normalized spacial score (nSPS) is 14.8. The molecule has 0 fully saturated rings. The van der Waals surface area contributed by atoms with E-state index in [0.717, 1.165) is 28.7 Å². The van der Waals surface area contributed by atoms with Crippen LogP contribution >= 0.6 is 15.9 Å². The molecule has 1 heterocycles. The van der Waals surface area contributed by atoms with Gasteiger partial charge in [-0.05, 0) is 35.7 Å². The maximum atomic E-state index is 14.6. The van der Waals surface area contributed by atoms with E-state index in [2.05, 4.69) is 21.2 Å². The molecule has 2 aromatic rings. The van der Waals surface area contributed by atoms with Gasteiger partial charge >= 0.3 is 0 Å². The zero-order valence-corrected chi connectivity index (χ0v) is 12.4. The second kappa shape index (κ2) is 5.52. The molecule has 1 aliphatic rings. The minimum absolute atomic E-state index is 0.0450. The summed E-state index contributed by atoms with van der Waals surface area (Å²) < 4.78 is 29.0. The Bertz CT molecular complexity index is 642. The van der Waals surface area contributed by atoms with Gasteiger partial charge in [-0.3, -0.25) is 0 Å². The Morgan fingerprint density at radius 1 is 1.25 bits per heavy atom. The van der Waals surface area contributed by atoms with Gasteiger partial charge in [-0.25, -0.2) is 8.78 Å². The summed E-state index contributed by atoms with van der Waals surface area (Å²) in [5.74, 6) is -0.364. The quantitative estimate of drug-likeness (QED) is 0.847. The van der Waals surface area contributed by atoms with Gasteiger partial charge < -0.3 is 5.32 Å². The van der Waals surface area contributed by atoms with Gasteiger partial charge in [-0.1, -0.05) is 34.1 Å². The van der Waals surface area contributed by atoms with Crippen molar-refractivity contribution in [2.75, 3.05) is 11.9 Å². The van der Waals surface area contributed by atoms with Crippen molar-refractivity contribution in [1.82, 2.24) is 0 Å². The molecule has 1 N–H and O–H groups in total. The van der Waals surface area contributed by atoms with Gasteiger partial charge in [0.15, 0.2) is 0 Å². The van der Waals surface area contributed by atoms with E-state index in [4.69, 9.17) is 0 Å². The highest BCUT2D eigenvalue weighted by molar-refractivity contribution is 9.10. The Morgan fingerprint density at radius 3 is 2.95 bits per heavy atom. The predicted molar refractivity (Wildman–Crippen MR) is 80.3 cm³/mol. The van der Waals surface area contributed by atoms with Crippen LogP contribution in [0.25, 0.3) is 0 Å². The number of halogens is 3. The molecule has 0 aliphatic carbocycles. The van der Waals surface area contributed by atoms with Crippen LogP contribution in [0.1, 0.15) is 22.9 Å². The van der Waals surface area contributed by atoms with E-state index in [1.54, 1.807) is 18.2 Å². The zero-order chi connectivity index (χ0) is 14.1. The molecular formula is C16H14BrF2N. The van der Waals surface area contributed by atoms with Gasteiger partial charge in [0.2, 0.25) is 0 Å². The van der Waals surface area contributed by atoms with Crippen molar-refractivity contribution < 1.29 is 8.78 Å². The monoisotopic (exact) mass is 337 g/mol. The van der Waals surface area contributed by atoms with Crippen molar-refractivity contribution in [3.05, 3.63) is 63.4 Å². The van der Waals surface area contributed by atoms with Crippen LogP contribution in [0.5, 0.6) is 0 Å². The molecule has 4 heteroatoms. The number of para-hydroxylation sites is 1.